The van der Waals surface area contributed by atoms with Crippen LogP contribution in [0.3, 0.4) is 0 Å². The van der Waals surface area contributed by atoms with Crippen molar-refractivity contribution in [1.29, 1.82) is 0 Å². The number of hydrogen-bond donors (Lipinski definition) is 0. The Kier molecular flexibility index (Phi) is 6.94. The summed E-state index contributed by atoms with van der Waals surface area (Å²) in [7, 11) is -3.12. The summed E-state index contributed by atoms with van der Waals surface area (Å²) in [5.74, 6) is 0.637. The highest BCUT2D eigenvalue weighted by Gasteiger charge is 2.36. The van der Waals surface area contributed by atoms with Gasteiger partial charge in [0.25, 0.3) is 5.56 Å². The topological polar surface area (TPSA) is 102 Å². The van der Waals surface area contributed by atoms with Crippen LogP contribution >= 0.6 is 11.8 Å². The monoisotopic (exact) mass is 489 g/mol. The van der Waals surface area contributed by atoms with Gasteiger partial charge in [0.15, 0.2) is 15.0 Å². The van der Waals surface area contributed by atoms with Crippen LogP contribution in [0.2, 0.25) is 0 Å². The third-order valence-electron chi connectivity index (χ3n) is 6.00. The van der Waals surface area contributed by atoms with Gasteiger partial charge in [0.2, 0.25) is 5.91 Å². The molecule has 3 heterocycles. The number of carbonyl (C=O) groups excluding carboxylic acids is 1. The lowest BCUT2D eigenvalue weighted by Gasteiger charge is -2.33. The lowest BCUT2D eigenvalue weighted by Crippen LogP contribution is -2.47. The van der Waals surface area contributed by atoms with E-state index in [-0.39, 0.29) is 47.4 Å². The molecule has 1 aromatic carbocycles. The number of rotatable bonds is 8. The lowest BCUT2D eigenvalue weighted by atomic mass is 10.1. The summed E-state index contributed by atoms with van der Waals surface area (Å²) in [4.78, 5) is 32.8. The van der Waals surface area contributed by atoms with Crippen LogP contribution in [0.5, 0.6) is 0 Å². The smallest absolute Gasteiger partial charge is 0.262 e. The number of hydrogen-bond acceptors (Lipinski definition) is 7. The summed E-state index contributed by atoms with van der Waals surface area (Å²) in [6, 6.07) is 10.3. The Morgan fingerprint density at radius 1 is 1.30 bits per heavy atom. The van der Waals surface area contributed by atoms with E-state index in [1.54, 1.807) is 41.5 Å². The van der Waals surface area contributed by atoms with Crippen LogP contribution in [0.1, 0.15) is 32.4 Å². The molecule has 8 nitrogen and oxygen atoms in total. The van der Waals surface area contributed by atoms with E-state index in [0.29, 0.717) is 28.2 Å². The molecule has 0 saturated carbocycles. The lowest BCUT2D eigenvalue weighted by molar-refractivity contribution is -0.132. The Balaban J connectivity index is 1.62. The Hall–Kier alpha value is -2.59. The second-order valence-electron chi connectivity index (χ2n) is 8.29. The van der Waals surface area contributed by atoms with Crippen molar-refractivity contribution >= 4 is 38.4 Å². The number of amides is 1. The summed E-state index contributed by atoms with van der Waals surface area (Å²) >= 11 is 1.19. The van der Waals surface area contributed by atoms with Crippen molar-refractivity contribution < 1.29 is 17.6 Å². The predicted molar refractivity (Wildman–Crippen MR) is 128 cm³/mol. The summed E-state index contributed by atoms with van der Waals surface area (Å²) in [6.45, 7) is 4.12. The Bertz CT molecular complexity index is 1300. The van der Waals surface area contributed by atoms with Crippen LogP contribution in [-0.4, -0.2) is 58.1 Å². The van der Waals surface area contributed by atoms with E-state index in [1.165, 1.54) is 16.3 Å². The first-order valence-corrected chi connectivity index (χ1v) is 13.8. The number of fused-ring (bicyclic) bond motifs is 1. The summed E-state index contributed by atoms with van der Waals surface area (Å²) in [6.07, 6.45) is 2.73. The van der Waals surface area contributed by atoms with Crippen molar-refractivity contribution in [3.8, 4) is 0 Å². The molecule has 0 bridgehead atoms. The minimum Gasteiger partial charge on any atom is -0.467 e. The van der Waals surface area contributed by atoms with Gasteiger partial charge in [-0.1, -0.05) is 30.8 Å². The normalized spacial score (nSPS) is 18.4. The predicted octanol–water partition coefficient (Wildman–Crippen LogP) is 2.94. The molecule has 4 rings (SSSR count). The maximum absolute atomic E-state index is 13.3. The molecule has 0 aliphatic carbocycles. The molecule has 2 aromatic heterocycles. The van der Waals surface area contributed by atoms with Crippen molar-refractivity contribution in [3.63, 3.8) is 0 Å². The molecule has 0 N–H and O–H groups in total. The first kappa shape index (κ1) is 23.6. The van der Waals surface area contributed by atoms with Crippen molar-refractivity contribution in [2.24, 2.45) is 0 Å². The minimum absolute atomic E-state index is 0.00513. The van der Waals surface area contributed by atoms with E-state index in [1.807, 2.05) is 19.9 Å². The average Bonchev–Trinajstić information content (AvgIpc) is 3.43. The summed E-state index contributed by atoms with van der Waals surface area (Å²) in [5.41, 5.74) is 0.362. The Morgan fingerprint density at radius 2 is 2.09 bits per heavy atom. The number of nitrogens with zero attached hydrogens (tertiary/aromatic N) is 3. The summed E-state index contributed by atoms with van der Waals surface area (Å²) < 4.78 is 31.0. The fourth-order valence-electron chi connectivity index (χ4n) is 4.16. The first-order chi connectivity index (χ1) is 15.8. The molecule has 0 radical (unpaired) electrons. The molecule has 2 atom stereocenters. The number of carbonyl (C=O) groups is 1. The van der Waals surface area contributed by atoms with Crippen molar-refractivity contribution in [1.82, 2.24) is 14.5 Å². The van der Waals surface area contributed by atoms with Gasteiger partial charge in [-0.15, -0.1) is 0 Å². The molecule has 33 heavy (non-hydrogen) atoms. The van der Waals surface area contributed by atoms with Crippen LogP contribution in [0, 0.1) is 0 Å². The third kappa shape index (κ3) is 5.16. The van der Waals surface area contributed by atoms with Gasteiger partial charge in [0.05, 0.1) is 41.0 Å². The minimum atomic E-state index is -3.12. The van der Waals surface area contributed by atoms with Crippen molar-refractivity contribution in [2.45, 2.75) is 50.5 Å². The molecule has 0 spiro atoms. The highest BCUT2D eigenvalue weighted by atomic mass is 32.2. The van der Waals surface area contributed by atoms with Crippen LogP contribution < -0.4 is 5.56 Å². The van der Waals surface area contributed by atoms with E-state index in [4.69, 9.17) is 4.42 Å². The molecule has 3 aromatic rings. The van der Waals surface area contributed by atoms with Gasteiger partial charge in [-0.05, 0) is 44.0 Å². The molecule has 1 aliphatic rings. The van der Waals surface area contributed by atoms with E-state index < -0.39 is 9.84 Å². The maximum Gasteiger partial charge on any atom is 0.262 e. The first-order valence-electron chi connectivity index (χ1n) is 11.0. The molecular formula is C23H27N3O5S2. The molecule has 2 unspecified atom stereocenters. The van der Waals surface area contributed by atoms with Gasteiger partial charge < -0.3 is 9.32 Å². The molecule has 176 valence electrons. The van der Waals surface area contributed by atoms with E-state index in [2.05, 4.69) is 4.98 Å². The molecule has 1 aliphatic heterocycles. The molecule has 1 saturated heterocycles. The number of sulfone groups is 1. The van der Waals surface area contributed by atoms with Crippen molar-refractivity contribution in [2.75, 3.05) is 17.3 Å². The van der Waals surface area contributed by atoms with Crippen LogP contribution in [0.15, 0.2) is 57.0 Å². The van der Waals surface area contributed by atoms with Gasteiger partial charge in [-0.25, -0.2) is 13.4 Å². The zero-order chi connectivity index (χ0) is 23.6. The maximum atomic E-state index is 13.3. The second-order valence-corrected chi connectivity index (χ2v) is 11.5. The van der Waals surface area contributed by atoms with Gasteiger partial charge in [-0.2, -0.15) is 0 Å². The SMILES string of the molecule is CCC(C)N(C(=O)CSc1nc2ccccc2c(=O)n1Cc1ccco1)C1CCS(=O)(=O)C1. The van der Waals surface area contributed by atoms with Crippen LogP contribution in [0.4, 0.5) is 0 Å². The number of benzene rings is 1. The highest BCUT2D eigenvalue weighted by molar-refractivity contribution is 7.99. The zero-order valence-electron chi connectivity index (χ0n) is 18.6. The highest BCUT2D eigenvalue weighted by Crippen LogP contribution is 2.25. The van der Waals surface area contributed by atoms with E-state index >= 15 is 0 Å². The number of aromatic nitrogens is 2. The van der Waals surface area contributed by atoms with Gasteiger partial charge in [0, 0.05) is 12.1 Å². The number of para-hydroxylation sites is 1. The number of furan rings is 1. The van der Waals surface area contributed by atoms with Gasteiger partial charge in [-0.3, -0.25) is 14.2 Å². The van der Waals surface area contributed by atoms with Crippen molar-refractivity contribution in [3.05, 3.63) is 58.8 Å². The van der Waals surface area contributed by atoms with Gasteiger partial charge >= 0.3 is 0 Å². The van der Waals surface area contributed by atoms with E-state index in [9.17, 15) is 18.0 Å². The molecule has 1 amide bonds. The number of thioether (sulfide) groups is 1. The summed E-state index contributed by atoms with van der Waals surface area (Å²) in [5, 5.41) is 0.920. The van der Waals surface area contributed by atoms with Crippen LogP contribution in [0.25, 0.3) is 10.9 Å². The fraction of sp³-hybridized carbons (Fsp3) is 0.435. The second kappa shape index (κ2) is 9.72. The zero-order valence-corrected chi connectivity index (χ0v) is 20.3. The quantitative estimate of drug-likeness (QED) is 0.354. The molecule has 10 heteroatoms. The largest absolute Gasteiger partial charge is 0.467 e. The average molecular weight is 490 g/mol. The fourth-order valence-corrected chi connectivity index (χ4v) is 6.74. The Labute approximate surface area is 196 Å². The van der Waals surface area contributed by atoms with E-state index in [0.717, 1.165) is 6.42 Å². The molecule has 1 fully saturated rings. The van der Waals surface area contributed by atoms with Crippen LogP contribution in [-0.2, 0) is 21.2 Å². The third-order valence-corrected chi connectivity index (χ3v) is 8.71. The molecular weight excluding hydrogens is 462 g/mol. The standard InChI is InChI=1S/C23H27N3O5S2/c1-3-16(2)26(17-10-12-33(29,30)15-17)21(27)14-32-23-24-20-9-5-4-8-19(20)22(28)25(23)13-18-7-6-11-31-18/h4-9,11,16-17H,3,10,12-15H2,1-2H3. The van der Waals surface area contributed by atoms with Gasteiger partial charge in [0.1, 0.15) is 5.76 Å². The Morgan fingerprint density at radius 3 is 2.76 bits per heavy atom.